The second-order valence-corrected chi connectivity index (χ2v) is 13.2. The summed E-state index contributed by atoms with van der Waals surface area (Å²) in [5.41, 5.74) is 7.46. The number of aromatic nitrogens is 2. The van der Waals surface area contributed by atoms with E-state index in [1.807, 2.05) is 22.7 Å². The zero-order valence-electron chi connectivity index (χ0n) is 23.6. The zero-order valence-corrected chi connectivity index (χ0v) is 25.2. The van der Waals surface area contributed by atoms with Gasteiger partial charge >= 0.3 is 0 Å². The molecule has 0 bridgehead atoms. The van der Waals surface area contributed by atoms with E-state index >= 15 is 0 Å². The Morgan fingerprint density at radius 2 is 0.932 bits per heavy atom. The number of benzene rings is 6. The van der Waals surface area contributed by atoms with Crippen LogP contribution in [-0.4, -0.2) is 9.97 Å². The maximum Gasteiger partial charge on any atom is 0.161 e. The Balaban J connectivity index is 1.25. The van der Waals surface area contributed by atoms with Crippen LogP contribution in [0.5, 0.6) is 0 Å². The second kappa shape index (κ2) is 10.2. The number of fused-ring (bicyclic) bond motifs is 6. The highest BCUT2D eigenvalue weighted by Crippen LogP contribution is 2.41. The van der Waals surface area contributed by atoms with E-state index in [-0.39, 0.29) is 0 Å². The molecule has 0 N–H and O–H groups in total. The third-order valence-electron chi connectivity index (χ3n) is 8.33. The van der Waals surface area contributed by atoms with Gasteiger partial charge in [0.2, 0.25) is 0 Å². The van der Waals surface area contributed by atoms with Crippen LogP contribution in [-0.2, 0) is 0 Å². The first-order valence-electron chi connectivity index (χ1n) is 14.7. The zero-order chi connectivity index (χ0) is 29.0. The van der Waals surface area contributed by atoms with Crippen LogP contribution in [0, 0.1) is 0 Å². The van der Waals surface area contributed by atoms with Crippen molar-refractivity contribution in [1.29, 1.82) is 0 Å². The highest BCUT2D eigenvalue weighted by molar-refractivity contribution is 7.26. The van der Waals surface area contributed by atoms with E-state index in [0.717, 1.165) is 33.9 Å². The SMILES string of the molecule is c1ccc(-c2ccc(-c3cc(-c4ccc5c(c4)sc4ccccc45)nc(-c4cccc5sc6ccccc6c45)n3)cc2)cc1. The molecule has 0 atom stereocenters. The Kier molecular flexibility index (Phi) is 5.90. The molecular weight excluding hydrogens is 573 g/mol. The van der Waals surface area contributed by atoms with Gasteiger partial charge in [0, 0.05) is 57.0 Å². The van der Waals surface area contributed by atoms with Crippen molar-refractivity contribution in [2.45, 2.75) is 0 Å². The summed E-state index contributed by atoms with van der Waals surface area (Å²) in [6.45, 7) is 0. The smallest absolute Gasteiger partial charge is 0.161 e. The molecule has 6 aromatic carbocycles. The summed E-state index contributed by atoms with van der Waals surface area (Å²) in [6, 6.07) is 51.8. The molecule has 0 aliphatic carbocycles. The molecule has 0 amide bonds. The van der Waals surface area contributed by atoms with Crippen LogP contribution < -0.4 is 0 Å². The molecule has 0 radical (unpaired) electrons. The normalized spacial score (nSPS) is 11.6. The number of nitrogens with zero attached hydrogens (tertiary/aromatic N) is 2. The van der Waals surface area contributed by atoms with E-state index in [0.29, 0.717) is 0 Å². The largest absolute Gasteiger partial charge is 0.228 e. The molecule has 0 saturated heterocycles. The molecule has 2 nitrogen and oxygen atoms in total. The fraction of sp³-hybridized carbons (Fsp3) is 0. The third kappa shape index (κ3) is 4.22. The van der Waals surface area contributed by atoms with Gasteiger partial charge in [0.25, 0.3) is 0 Å². The summed E-state index contributed by atoms with van der Waals surface area (Å²) in [7, 11) is 0. The molecular formula is C40H24N2S2. The summed E-state index contributed by atoms with van der Waals surface area (Å²) in [4.78, 5) is 10.5. The molecule has 0 aliphatic rings. The Hall–Kier alpha value is -5.16. The molecule has 0 spiro atoms. The number of hydrogen-bond donors (Lipinski definition) is 0. The van der Waals surface area contributed by atoms with Crippen LogP contribution >= 0.6 is 22.7 Å². The Labute approximate surface area is 262 Å². The molecule has 0 aliphatic heterocycles. The van der Waals surface area contributed by atoms with Gasteiger partial charge in [-0.05, 0) is 41.5 Å². The van der Waals surface area contributed by atoms with Crippen molar-refractivity contribution in [2.75, 3.05) is 0 Å². The Morgan fingerprint density at radius 1 is 0.364 bits per heavy atom. The van der Waals surface area contributed by atoms with E-state index in [1.165, 1.54) is 51.5 Å². The molecule has 3 aromatic heterocycles. The molecule has 0 fully saturated rings. The minimum Gasteiger partial charge on any atom is -0.228 e. The summed E-state index contributed by atoms with van der Waals surface area (Å²) in [5, 5.41) is 5.06. The maximum atomic E-state index is 5.26. The van der Waals surface area contributed by atoms with E-state index < -0.39 is 0 Å². The number of rotatable bonds is 4. The van der Waals surface area contributed by atoms with Gasteiger partial charge in [-0.25, -0.2) is 9.97 Å². The van der Waals surface area contributed by atoms with Crippen LogP contribution in [0.3, 0.4) is 0 Å². The number of thiophene rings is 2. The maximum absolute atomic E-state index is 5.26. The predicted octanol–water partition coefficient (Wildman–Crippen LogP) is 11.9. The summed E-state index contributed by atoms with van der Waals surface area (Å²) in [5.74, 6) is 0.746. The molecule has 9 rings (SSSR count). The van der Waals surface area contributed by atoms with E-state index in [2.05, 4.69) is 146 Å². The van der Waals surface area contributed by atoms with Crippen LogP contribution in [0.25, 0.3) is 85.4 Å². The highest BCUT2D eigenvalue weighted by atomic mass is 32.1. The van der Waals surface area contributed by atoms with Crippen molar-refractivity contribution in [1.82, 2.24) is 9.97 Å². The summed E-state index contributed by atoms with van der Waals surface area (Å²) >= 11 is 3.65. The quantitative estimate of drug-likeness (QED) is 0.202. The molecule has 4 heteroatoms. The molecule has 0 unspecified atom stereocenters. The Morgan fingerprint density at radius 3 is 1.75 bits per heavy atom. The van der Waals surface area contributed by atoms with Gasteiger partial charge in [0.15, 0.2) is 5.82 Å². The summed E-state index contributed by atoms with van der Waals surface area (Å²) < 4.78 is 5.10. The van der Waals surface area contributed by atoms with Crippen LogP contribution in [0.1, 0.15) is 0 Å². The monoisotopic (exact) mass is 596 g/mol. The van der Waals surface area contributed by atoms with Crippen molar-refractivity contribution < 1.29 is 0 Å². The molecule has 9 aromatic rings. The van der Waals surface area contributed by atoms with Gasteiger partial charge < -0.3 is 0 Å². The fourth-order valence-electron chi connectivity index (χ4n) is 6.17. The fourth-order valence-corrected chi connectivity index (χ4v) is 8.45. The van der Waals surface area contributed by atoms with Crippen LogP contribution in [0.2, 0.25) is 0 Å². The van der Waals surface area contributed by atoms with E-state index in [4.69, 9.17) is 9.97 Å². The van der Waals surface area contributed by atoms with Crippen molar-refractivity contribution in [2.24, 2.45) is 0 Å². The second-order valence-electron chi connectivity index (χ2n) is 11.0. The number of hydrogen-bond acceptors (Lipinski definition) is 4. The lowest BCUT2D eigenvalue weighted by molar-refractivity contribution is 1.19. The van der Waals surface area contributed by atoms with Gasteiger partial charge in [-0.2, -0.15) is 0 Å². The van der Waals surface area contributed by atoms with Gasteiger partial charge in [0.05, 0.1) is 11.4 Å². The van der Waals surface area contributed by atoms with Crippen molar-refractivity contribution in [3.8, 4) is 45.0 Å². The van der Waals surface area contributed by atoms with Crippen molar-refractivity contribution >= 4 is 63.0 Å². The first-order chi connectivity index (χ1) is 21.8. The van der Waals surface area contributed by atoms with Crippen LogP contribution in [0.15, 0.2) is 146 Å². The van der Waals surface area contributed by atoms with Gasteiger partial charge in [-0.15, -0.1) is 22.7 Å². The van der Waals surface area contributed by atoms with Gasteiger partial charge in [0.1, 0.15) is 0 Å². The Bertz CT molecular complexity index is 2490. The predicted molar refractivity (Wildman–Crippen MR) is 190 cm³/mol. The van der Waals surface area contributed by atoms with Crippen LogP contribution in [0.4, 0.5) is 0 Å². The lowest BCUT2D eigenvalue weighted by Crippen LogP contribution is -1.96. The third-order valence-corrected chi connectivity index (χ3v) is 10.6. The average Bonchev–Trinajstić information content (AvgIpc) is 3.66. The molecule has 3 heterocycles. The van der Waals surface area contributed by atoms with E-state index in [9.17, 15) is 0 Å². The van der Waals surface area contributed by atoms with Gasteiger partial charge in [-0.1, -0.05) is 115 Å². The van der Waals surface area contributed by atoms with Crippen molar-refractivity contribution in [3.05, 3.63) is 146 Å². The first kappa shape index (κ1) is 25.3. The minimum absolute atomic E-state index is 0.746. The van der Waals surface area contributed by atoms with Crippen molar-refractivity contribution in [3.63, 3.8) is 0 Å². The molecule has 206 valence electrons. The summed E-state index contributed by atoms with van der Waals surface area (Å²) in [6.07, 6.45) is 0. The highest BCUT2D eigenvalue weighted by Gasteiger charge is 2.17. The van der Waals surface area contributed by atoms with E-state index in [1.54, 1.807) is 0 Å². The minimum atomic E-state index is 0.746. The lowest BCUT2D eigenvalue weighted by atomic mass is 10.0. The molecule has 44 heavy (non-hydrogen) atoms. The first-order valence-corrected chi connectivity index (χ1v) is 16.3. The topological polar surface area (TPSA) is 25.8 Å². The molecule has 0 saturated carbocycles. The average molecular weight is 597 g/mol. The standard InChI is InChI=1S/C40H24N2S2/c1-2-9-25(10-3-1)26-17-19-27(20-18-26)33-24-34(28-21-22-30-29-11-4-6-14-35(29)44-38(30)23-28)42-40(41-33)32-13-8-16-37-39(32)31-12-5-7-15-36(31)43-37/h1-24H. The lowest BCUT2D eigenvalue weighted by Gasteiger charge is -2.11. The van der Waals surface area contributed by atoms with Gasteiger partial charge in [-0.3, -0.25) is 0 Å².